The summed E-state index contributed by atoms with van der Waals surface area (Å²) in [4.78, 5) is 7.89. The van der Waals surface area contributed by atoms with Crippen molar-refractivity contribution in [2.24, 2.45) is 0 Å². The van der Waals surface area contributed by atoms with E-state index in [2.05, 4.69) is 9.97 Å². The Morgan fingerprint density at radius 3 is 2.80 bits per heavy atom. The van der Waals surface area contributed by atoms with E-state index in [1.165, 1.54) is 0 Å². The maximum Gasteiger partial charge on any atom is 0.232 e. The maximum atomic E-state index is 5.97. The summed E-state index contributed by atoms with van der Waals surface area (Å²) < 4.78 is 5.41. The summed E-state index contributed by atoms with van der Waals surface area (Å²) in [6, 6.07) is 7.55. The van der Waals surface area contributed by atoms with E-state index < -0.39 is 0 Å². The molecule has 76 valence electrons. The van der Waals surface area contributed by atoms with Gasteiger partial charge >= 0.3 is 0 Å². The fourth-order valence-electron chi connectivity index (χ4n) is 1.13. The predicted molar refractivity (Wildman–Crippen MR) is 57.8 cm³/mol. The molecular formula is C11H9ClN2O. The van der Waals surface area contributed by atoms with E-state index in [1.807, 2.05) is 24.3 Å². The molecule has 0 aliphatic carbocycles. The van der Waals surface area contributed by atoms with Gasteiger partial charge in [0.2, 0.25) is 5.88 Å². The molecule has 0 saturated heterocycles. The lowest BCUT2D eigenvalue weighted by Gasteiger charge is -2.05. The number of aromatic nitrogens is 2. The minimum absolute atomic E-state index is 0.401. The van der Waals surface area contributed by atoms with Crippen LogP contribution in [-0.4, -0.2) is 9.97 Å². The van der Waals surface area contributed by atoms with E-state index in [1.54, 1.807) is 18.6 Å². The highest BCUT2D eigenvalue weighted by Crippen LogP contribution is 2.16. The molecule has 0 unspecified atom stereocenters. The van der Waals surface area contributed by atoms with Crippen LogP contribution in [0.1, 0.15) is 5.56 Å². The minimum atomic E-state index is 0.401. The largest absolute Gasteiger partial charge is 0.472 e. The van der Waals surface area contributed by atoms with Gasteiger partial charge in [-0.2, -0.15) is 0 Å². The topological polar surface area (TPSA) is 35.0 Å². The Morgan fingerprint density at radius 2 is 2.07 bits per heavy atom. The van der Waals surface area contributed by atoms with Crippen molar-refractivity contribution in [1.82, 2.24) is 9.97 Å². The van der Waals surface area contributed by atoms with Crippen LogP contribution in [-0.2, 0) is 6.61 Å². The van der Waals surface area contributed by atoms with Crippen molar-refractivity contribution in [1.29, 1.82) is 0 Å². The Bertz CT molecular complexity index is 434. The van der Waals surface area contributed by atoms with Crippen LogP contribution in [0, 0.1) is 0 Å². The summed E-state index contributed by atoms with van der Waals surface area (Å²) in [5.41, 5.74) is 0.935. The molecule has 1 aromatic heterocycles. The zero-order chi connectivity index (χ0) is 10.5. The highest BCUT2D eigenvalue weighted by atomic mass is 35.5. The van der Waals surface area contributed by atoms with Gasteiger partial charge in [-0.3, -0.25) is 4.98 Å². The molecule has 0 fully saturated rings. The van der Waals surface area contributed by atoms with Crippen molar-refractivity contribution in [3.8, 4) is 5.88 Å². The Hall–Kier alpha value is -1.61. The molecule has 0 saturated carbocycles. The first-order valence-corrected chi connectivity index (χ1v) is 4.86. The van der Waals surface area contributed by atoms with E-state index >= 15 is 0 Å². The van der Waals surface area contributed by atoms with Crippen LogP contribution in [0.4, 0.5) is 0 Å². The molecule has 0 aliphatic heterocycles. The van der Waals surface area contributed by atoms with Crippen LogP contribution in [0.15, 0.2) is 42.9 Å². The first-order chi connectivity index (χ1) is 7.36. The normalized spacial score (nSPS) is 9.93. The Morgan fingerprint density at radius 1 is 1.20 bits per heavy atom. The summed E-state index contributed by atoms with van der Waals surface area (Å²) in [7, 11) is 0. The van der Waals surface area contributed by atoms with Crippen molar-refractivity contribution in [3.05, 3.63) is 53.4 Å². The fraction of sp³-hybridized carbons (Fsp3) is 0.0909. The number of ether oxygens (including phenoxy) is 1. The third-order valence-corrected chi connectivity index (χ3v) is 2.24. The van der Waals surface area contributed by atoms with E-state index in [9.17, 15) is 0 Å². The minimum Gasteiger partial charge on any atom is -0.472 e. The number of hydrogen-bond donors (Lipinski definition) is 0. The van der Waals surface area contributed by atoms with Gasteiger partial charge in [0.25, 0.3) is 0 Å². The third kappa shape index (κ3) is 2.67. The second kappa shape index (κ2) is 4.75. The zero-order valence-corrected chi connectivity index (χ0v) is 8.69. The molecule has 0 atom stereocenters. The highest BCUT2D eigenvalue weighted by Gasteiger charge is 2.00. The van der Waals surface area contributed by atoms with Gasteiger partial charge in [-0.1, -0.05) is 29.8 Å². The summed E-state index contributed by atoms with van der Waals surface area (Å²) >= 11 is 5.97. The van der Waals surface area contributed by atoms with Gasteiger partial charge in [-0.25, -0.2) is 4.98 Å². The van der Waals surface area contributed by atoms with Crippen molar-refractivity contribution in [2.45, 2.75) is 6.61 Å². The standard InChI is InChI=1S/C11H9ClN2O/c12-10-4-2-1-3-9(10)8-15-11-7-13-5-6-14-11/h1-7H,8H2. The molecule has 0 amide bonds. The van der Waals surface area contributed by atoms with E-state index in [0.717, 1.165) is 5.56 Å². The highest BCUT2D eigenvalue weighted by molar-refractivity contribution is 6.31. The summed E-state index contributed by atoms with van der Waals surface area (Å²) in [5.74, 6) is 0.498. The molecule has 2 rings (SSSR count). The van der Waals surface area contributed by atoms with Crippen LogP contribution < -0.4 is 4.74 Å². The van der Waals surface area contributed by atoms with Crippen LogP contribution in [0.25, 0.3) is 0 Å². The first-order valence-electron chi connectivity index (χ1n) is 4.48. The summed E-state index contributed by atoms with van der Waals surface area (Å²) in [6.45, 7) is 0.401. The zero-order valence-electron chi connectivity index (χ0n) is 7.93. The van der Waals surface area contributed by atoms with Crippen molar-refractivity contribution in [3.63, 3.8) is 0 Å². The molecule has 0 radical (unpaired) electrons. The van der Waals surface area contributed by atoms with Crippen LogP contribution in [0.5, 0.6) is 5.88 Å². The average Bonchev–Trinajstić information content (AvgIpc) is 2.29. The molecule has 3 nitrogen and oxygen atoms in total. The Kier molecular flexibility index (Phi) is 3.15. The quantitative estimate of drug-likeness (QED) is 0.798. The summed E-state index contributed by atoms with van der Waals surface area (Å²) in [6.07, 6.45) is 4.75. The van der Waals surface area contributed by atoms with Crippen LogP contribution >= 0.6 is 11.6 Å². The van der Waals surface area contributed by atoms with E-state index in [-0.39, 0.29) is 0 Å². The molecular weight excluding hydrogens is 212 g/mol. The third-order valence-electron chi connectivity index (χ3n) is 1.87. The molecule has 4 heteroatoms. The first kappa shape index (κ1) is 9.93. The van der Waals surface area contributed by atoms with Crippen LogP contribution in [0.2, 0.25) is 5.02 Å². The van der Waals surface area contributed by atoms with E-state index in [4.69, 9.17) is 16.3 Å². The molecule has 0 N–H and O–H groups in total. The second-order valence-corrected chi connectivity index (χ2v) is 3.33. The van der Waals surface area contributed by atoms with Gasteiger partial charge in [-0.15, -0.1) is 0 Å². The van der Waals surface area contributed by atoms with Gasteiger partial charge in [0.05, 0.1) is 6.20 Å². The smallest absolute Gasteiger partial charge is 0.232 e. The Labute approximate surface area is 92.7 Å². The lowest BCUT2D eigenvalue weighted by Crippen LogP contribution is -1.97. The SMILES string of the molecule is Clc1ccccc1COc1cnccn1. The second-order valence-electron chi connectivity index (χ2n) is 2.92. The molecule has 1 aromatic carbocycles. The van der Waals surface area contributed by atoms with Gasteiger partial charge in [-0.05, 0) is 6.07 Å². The average molecular weight is 221 g/mol. The lowest BCUT2D eigenvalue weighted by molar-refractivity contribution is 0.292. The van der Waals surface area contributed by atoms with Crippen LogP contribution in [0.3, 0.4) is 0 Å². The molecule has 15 heavy (non-hydrogen) atoms. The van der Waals surface area contributed by atoms with Gasteiger partial charge < -0.3 is 4.74 Å². The van der Waals surface area contributed by atoms with Gasteiger partial charge in [0.15, 0.2) is 0 Å². The molecule has 2 aromatic rings. The number of benzene rings is 1. The Balaban J connectivity index is 2.03. The summed E-state index contributed by atoms with van der Waals surface area (Å²) in [5, 5.41) is 0.696. The fourth-order valence-corrected chi connectivity index (χ4v) is 1.32. The van der Waals surface area contributed by atoms with E-state index in [0.29, 0.717) is 17.5 Å². The molecule has 0 spiro atoms. The number of nitrogens with zero attached hydrogens (tertiary/aromatic N) is 2. The number of halogens is 1. The molecule has 0 bridgehead atoms. The van der Waals surface area contributed by atoms with Crippen molar-refractivity contribution >= 4 is 11.6 Å². The number of rotatable bonds is 3. The number of hydrogen-bond acceptors (Lipinski definition) is 3. The van der Waals surface area contributed by atoms with Crippen molar-refractivity contribution in [2.75, 3.05) is 0 Å². The maximum absolute atomic E-state index is 5.97. The molecule has 1 heterocycles. The van der Waals surface area contributed by atoms with Crippen molar-refractivity contribution < 1.29 is 4.74 Å². The van der Waals surface area contributed by atoms with Gasteiger partial charge in [0, 0.05) is 23.0 Å². The predicted octanol–water partition coefficient (Wildman–Crippen LogP) is 2.71. The van der Waals surface area contributed by atoms with Gasteiger partial charge in [0.1, 0.15) is 6.61 Å². The lowest BCUT2D eigenvalue weighted by atomic mass is 10.2. The molecule has 0 aliphatic rings. The monoisotopic (exact) mass is 220 g/mol.